The average Bonchev–Trinajstić information content (AvgIpc) is 2.62. The molecule has 2 saturated heterocycles. The molecule has 131 valence electrons. The monoisotopic (exact) mass is 330 g/mol. The lowest BCUT2D eigenvalue weighted by molar-refractivity contribution is 0.0663. The van der Waals surface area contributed by atoms with E-state index in [1.165, 1.54) is 0 Å². The molecule has 1 amide bonds. The standard InChI is InChI=1S/C19H28N3O2/c1-21(2)18-6-10-22(11-7-18)19(23)15-4-3-5-17(14-15)20-16-8-12-24-13-9-16/h3-4,14,16,18,20H,6-13H2,1-2H3. The van der Waals surface area contributed by atoms with Crippen LogP contribution in [0.3, 0.4) is 0 Å². The normalized spacial score (nSPS) is 20.4. The summed E-state index contributed by atoms with van der Waals surface area (Å²) in [5.74, 6) is 0.135. The highest BCUT2D eigenvalue weighted by molar-refractivity contribution is 5.95. The number of likely N-dealkylation sites (tertiary alicyclic amines) is 1. The van der Waals surface area contributed by atoms with Crippen molar-refractivity contribution in [1.82, 2.24) is 9.80 Å². The Labute approximate surface area is 145 Å². The molecule has 0 atom stereocenters. The van der Waals surface area contributed by atoms with Gasteiger partial charge in [0.15, 0.2) is 0 Å². The van der Waals surface area contributed by atoms with Crippen molar-refractivity contribution >= 4 is 11.6 Å². The van der Waals surface area contributed by atoms with Crippen LogP contribution in [0.2, 0.25) is 0 Å². The first kappa shape index (κ1) is 17.2. The molecule has 24 heavy (non-hydrogen) atoms. The SMILES string of the molecule is CN(C)C1CCN(C(=O)c2cc[c]c(NC3CCOCC3)c2)CC1. The highest BCUT2D eigenvalue weighted by Gasteiger charge is 2.24. The number of hydrogen-bond acceptors (Lipinski definition) is 4. The van der Waals surface area contributed by atoms with Gasteiger partial charge in [0, 0.05) is 55.7 Å². The summed E-state index contributed by atoms with van der Waals surface area (Å²) in [5, 5.41) is 3.49. The van der Waals surface area contributed by atoms with Crippen LogP contribution in [0.5, 0.6) is 0 Å². The largest absolute Gasteiger partial charge is 0.382 e. The van der Waals surface area contributed by atoms with E-state index in [2.05, 4.69) is 30.4 Å². The number of ether oxygens (including phenoxy) is 1. The van der Waals surface area contributed by atoms with Crippen LogP contribution in [-0.4, -0.2) is 68.2 Å². The van der Waals surface area contributed by atoms with Crippen molar-refractivity contribution in [3.63, 3.8) is 0 Å². The third kappa shape index (κ3) is 4.28. The zero-order chi connectivity index (χ0) is 16.9. The maximum Gasteiger partial charge on any atom is 0.253 e. The zero-order valence-corrected chi connectivity index (χ0v) is 14.8. The van der Waals surface area contributed by atoms with Crippen LogP contribution in [0.25, 0.3) is 0 Å². The van der Waals surface area contributed by atoms with Gasteiger partial charge < -0.3 is 19.9 Å². The fraction of sp³-hybridized carbons (Fsp3) is 0.632. The number of nitrogens with one attached hydrogen (secondary N) is 1. The Morgan fingerprint density at radius 2 is 1.96 bits per heavy atom. The average molecular weight is 330 g/mol. The van der Waals surface area contributed by atoms with Crippen LogP contribution in [0.15, 0.2) is 18.2 Å². The van der Waals surface area contributed by atoms with E-state index >= 15 is 0 Å². The van der Waals surface area contributed by atoms with E-state index in [9.17, 15) is 4.79 Å². The van der Waals surface area contributed by atoms with Gasteiger partial charge in [-0.25, -0.2) is 0 Å². The van der Waals surface area contributed by atoms with Gasteiger partial charge in [0.1, 0.15) is 0 Å². The highest BCUT2D eigenvalue weighted by atomic mass is 16.5. The fourth-order valence-electron chi connectivity index (χ4n) is 3.51. The topological polar surface area (TPSA) is 44.8 Å². The summed E-state index contributed by atoms with van der Waals surface area (Å²) in [5.41, 5.74) is 1.67. The summed E-state index contributed by atoms with van der Waals surface area (Å²) in [6.07, 6.45) is 4.10. The summed E-state index contributed by atoms with van der Waals surface area (Å²) in [6.45, 7) is 3.28. The molecule has 2 aliphatic rings. The third-order valence-corrected chi connectivity index (χ3v) is 5.11. The highest BCUT2D eigenvalue weighted by Crippen LogP contribution is 2.20. The summed E-state index contributed by atoms with van der Waals surface area (Å²) in [4.78, 5) is 17.0. The first-order chi connectivity index (χ1) is 11.6. The zero-order valence-electron chi connectivity index (χ0n) is 14.8. The molecule has 5 heteroatoms. The Morgan fingerprint density at radius 1 is 1.25 bits per heavy atom. The number of anilines is 1. The van der Waals surface area contributed by atoms with Crippen LogP contribution in [0.4, 0.5) is 5.69 Å². The van der Waals surface area contributed by atoms with Gasteiger partial charge in [0.05, 0.1) is 0 Å². The number of hydrogen-bond donors (Lipinski definition) is 1. The molecule has 0 unspecified atom stereocenters. The maximum absolute atomic E-state index is 12.8. The van der Waals surface area contributed by atoms with Crippen molar-refractivity contribution in [3.05, 3.63) is 29.8 Å². The number of amides is 1. The molecule has 1 aromatic rings. The predicted octanol–water partition coefficient (Wildman–Crippen LogP) is 2.24. The van der Waals surface area contributed by atoms with Crippen LogP contribution < -0.4 is 5.32 Å². The number of rotatable bonds is 4. The summed E-state index contributed by atoms with van der Waals surface area (Å²) < 4.78 is 5.39. The van der Waals surface area contributed by atoms with Crippen molar-refractivity contribution in [2.45, 2.75) is 37.8 Å². The predicted molar refractivity (Wildman–Crippen MR) is 95.4 cm³/mol. The molecule has 0 aromatic heterocycles. The Bertz CT molecular complexity index is 547. The van der Waals surface area contributed by atoms with Crippen molar-refractivity contribution in [3.8, 4) is 0 Å². The number of benzene rings is 1. The second-order valence-corrected chi connectivity index (χ2v) is 7.01. The minimum absolute atomic E-state index is 0.135. The van der Waals surface area contributed by atoms with E-state index in [1.54, 1.807) is 0 Å². The molecular weight excluding hydrogens is 302 g/mol. The Morgan fingerprint density at radius 3 is 2.62 bits per heavy atom. The number of nitrogens with zero attached hydrogens (tertiary/aromatic N) is 2. The molecule has 2 fully saturated rings. The van der Waals surface area contributed by atoms with Crippen LogP contribution in [-0.2, 0) is 4.74 Å². The molecule has 3 rings (SSSR count). The van der Waals surface area contributed by atoms with Gasteiger partial charge in [-0.15, -0.1) is 0 Å². The molecule has 1 radical (unpaired) electrons. The van der Waals surface area contributed by atoms with Gasteiger partial charge in [-0.3, -0.25) is 4.79 Å². The third-order valence-electron chi connectivity index (χ3n) is 5.11. The maximum atomic E-state index is 12.8. The van der Waals surface area contributed by atoms with Gasteiger partial charge in [-0.2, -0.15) is 0 Å². The minimum Gasteiger partial charge on any atom is -0.382 e. The molecule has 0 saturated carbocycles. The van der Waals surface area contributed by atoms with E-state index < -0.39 is 0 Å². The lowest BCUT2D eigenvalue weighted by Crippen LogP contribution is -2.44. The Kier molecular flexibility index (Phi) is 5.74. The van der Waals surface area contributed by atoms with Gasteiger partial charge in [0.25, 0.3) is 5.91 Å². The lowest BCUT2D eigenvalue weighted by Gasteiger charge is -2.35. The fourth-order valence-corrected chi connectivity index (χ4v) is 3.51. The number of carbonyl (C=O) groups is 1. The molecule has 1 aromatic carbocycles. The van der Waals surface area contributed by atoms with E-state index in [0.717, 1.165) is 63.2 Å². The molecule has 5 nitrogen and oxygen atoms in total. The molecule has 1 N–H and O–H groups in total. The number of carbonyl (C=O) groups excluding carboxylic acids is 1. The van der Waals surface area contributed by atoms with Crippen molar-refractivity contribution < 1.29 is 9.53 Å². The van der Waals surface area contributed by atoms with Crippen LogP contribution >= 0.6 is 0 Å². The lowest BCUT2D eigenvalue weighted by atomic mass is 10.0. The van der Waals surface area contributed by atoms with Crippen molar-refractivity contribution in [1.29, 1.82) is 0 Å². The smallest absolute Gasteiger partial charge is 0.253 e. The van der Waals surface area contributed by atoms with Gasteiger partial charge in [-0.1, -0.05) is 6.07 Å². The first-order valence-electron chi connectivity index (χ1n) is 8.95. The number of piperidine rings is 1. The van der Waals surface area contributed by atoms with E-state index in [0.29, 0.717) is 12.1 Å². The summed E-state index contributed by atoms with van der Waals surface area (Å²) in [7, 11) is 4.23. The van der Waals surface area contributed by atoms with Gasteiger partial charge >= 0.3 is 0 Å². The van der Waals surface area contributed by atoms with Crippen LogP contribution in [0.1, 0.15) is 36.0 Å². The molecule has 2 heterocycles. The van der Waals surface area contributed by atoms with Crippen molar-refractivity contribution in [2.24, 2.45) is 0 Å². The van der Waals surface area contributed by atoms with Gasteiger partial charge in [-0.05, 0) is 51.9 Å². The van der Waals surface area contributed by atoms with Gasteiger partial charge in [0.2, 0.25) is 0 Å². The molecule has 0 aliphatic carbocycles. The second-order valence-electron chi connectivity index (χ2n) is 7.01. The Balaban J connectivity index is 1.60. The first-order valence-corrected chi connectivity index (χ1v) is 8.95. The molecular formula is C19H28N3O2. The Hall–Kier alpha value is -1.59. The molecule has 2 aliphatic heterocycles. The van der Waals surface area contributed by atoms with E-state index in [-0.39, 0.29) is 5.91 Å². The van der Waals surface area contributed by atoms with E-state index in [4.69, 9.17) is 4.74 Å². The second kappa shape index (κ2) is 7.99. The van der Waals surface area contributed by atoms with E-state index in [1.807, 2.05) is 23.1 Å². The van der Waals surface area contributed by atoms with Crippen LogP contribution in [0, 0.1) is 6.07 Å². The quantitative estimate of drug-likeness (QED) is 0.920. The summed E-state index contributed by atoms with van der Waals surface area (Å²) in [6, 6.07) is 9.87. The molecule has 0 spiro atoms. The molecule has 0 bridgehead atoms. The summed E-state index contributed by atoms with van der Waals surface area (Å²) >= 11 is 0. The minimum atomic E-state index is 0.135. The van der Waals surface area contributed by atoms with Crippen molar-refractivity contribution in [2.75, 3.05) is 45.7 Å².